The van der Waals surface area contributed by atoms with E-state index in [1.54, 1.807) is 0 Å². The summed E-state index contributed by atoms with van der Waals surface area (Å²) < 4.78 is 0. The van der Waals surface area contributed by atoms with Crippen molar-refractivity contribution in [1.82, 2.24) is 10.6 Å². The lowest BCUT2D eigenvalue weighted by Crippen LogP contribution is -2.38. The van der Waals surface area contributed by atoms with Crippen LogP contribution in [0.25, 0.3) is 0 Å². The highest BCUT2D eigenvalue weighted by Gasteiger charge is 2.15. The Balaban J connectivity index is 2.64. The largest absolute Gasteiger partial charge is 0.481 e. The minimum Gasteiger partial charge on any atom is -0.481 e. The molecule has 0 heterocycles. The summed E-state index contributed by atoms with van der Waals surface area (Å²) in [5, 5.41) is 14.3. The maximum absolute atomic E-state index is 11.7. The molecule has 0 fully saturated rings. The Bertz CT molecular complexity index is 406. The molecule has 3 N–H and O–H groups in total. The fourth-order valence-electron chi connectivity index (χ4n) is 1.72. The minimum atomic E-state index is -0.864. The average Bonchev–Trinajstić information content (AvgIpc) is 2.42. The molecule has 0 saturated carbocycles. The predicted molar refractivity (Wildman–Crippen MR) is 72.9 cm³/mol. The number of hydrogen-bond acceptors (Lipinski definition) is 2. The molecule has 1 aromatic rings. The predicted octanol–water partition coefficient (Wildman–Crippen LogP) is 2.30. The molecule has 1 atom stereocenters. The first kappa shape index (κ1) is 15.0. The van der Waals surface area contributed by atoms with Gasteiger partial charge in [0.05, 0.1) is 6.04 Å². The molecule has 0 bridgehead atoms. The van der Waals surface area contributed by atoms with Gasteiger partial charge in [-0.05, 0) is 18.4 Å². The van der Waals surface area contributed by atoms with Crippen LogP contribution >= 0.6 is 0 Å². The zero-order valence-corrected chi connectivity index (χ0v) is 11.1. The number of carboxylic acid groups (broad SMARTS) is 1. The van der Waals surface area contributed by atoms with E-state index in [0.717, 1.165) is 12.0 Å². The first-order valence-corrected chi connectivity index (χ1v) is 6.44. The van der Waals surface area contributed by atoms with Gasteiger partial charge in [0.15, 0.2) is 0 Å². The second-order valence-electron chi connectivity index (χ2n) is 4.30. The minimum absolute atomic E-state index is 0.0214. The van der Waals surface area contributed by atoms with Gasteiger partial charge in [-0.15, -0.1) is 0 Å². The standard InChI is InChI=1S/C14H20N2O3/c1-2-10-15-14(19)16-12(8-9-13(17)18)11-6-4-3-5-7-11/h3-7,12H,2,8-10H2,1H3,(H,17,18)(H2,15,16,19). The van der Waals surface area contributed by atoms with Gasteiger partial charge in [0.25, 0.3) is 0 Å². The first-order chi connectivity index (χ1) is 9.13. The average molecular weight is 264 g/mol. The van der Waals surface area contributed by atoms with E-state index < -0.39 is 5.97 Å². The number of rotatable bonds is 7. The smallest absolute Gasteiger partial charge is 0.315 e. The summed E-state index contributed by atoms with van der Waals surface area (Å²) in [7, 11) is 0. The molecule has 1 aromatic carbocycles. The van der Waals surface area contributed by atoms with Crippen molar-refractivity contribution in [3.8, 4) is 0 Å². The third-order valence-electron chi connectivity index (χ3n) is 2.69. The molecule has 0 aliphatic carbocycles. The Morgan fingerprint density at radius 2 is 1.95 bits per heavy atom. The molecule has 2 amide bonds. The van der Waals surface area contributed by atoms with Crippen LogP contribution in [0.2, 0.25) is 0 Å². The summed E-state index contributed by atoms with van der Waals surface area (Å²) in [6.45, 7) is 2.58. The van der Waals surface area contributed by atoms with Crippen LogP contribution in [0, 0.1) is 0 Å². The highest BCUT2D eigenvalue weighted by atomic mass is 16.4. The third-order valence-corrected chi connectivity index (χ3v) is 2.69. The van der Waals surface area contributed by atoms with Crippen LogP contribution in [-0.4, -0.2) is 23.7 Å². The quantitative estimate of drug-likeness (QED) is 0.707. The van der Waals surface area contributed by atoms with Crippen molar-refractivity contribution in [3.05, 3.63) is 35.9 Å². The summed E-state index contributed by atoms with van der Waals surface area (Å²) in [6, 6.07) is 8.84. The molecule has 0 radical (unpaired) electrons. The van der Waals surface area contributed by atoms with Crippen LogP contribution in [0.5, 0.6) is 0 Å². The SMILES string of the molecule is CCCNC(=O)NC(CCC(=O)O)c1ccccc1. The maximum atomic E-state index is 11.7. The number of aliphatic carboxylic acids is 1. The van der Waals surface area contributed by atoms with E-state index >= 15 is 0 Å². The highest BCUT2D eigenvalue weighted by Crippen LogP contribution is 2.18. The van der Waals surface area contributed by atoms with Crippen molar-refractivity contribution in [3.63, 3.8) is 0 Å². The van der Waals surface area contributed by atoms with Crippen LogP contribution < -0.4 is 10.6 Å². The molecule has 0 spiro atoms. The van der Waals surface area contributed by atoms with Gasteiger partial charge in [0.1, 0.15) is 0 Å². The van der Waals surface area contributed by atoms with E-state index in [2.05, 4.69) is 10.6 Å². The molecule has 5 heteroatoms. The van der Waals surface area contributed by atoms with Crippen molar-refractivity contribution >= 4 is 12.0 Å². The number of carbonyl (C=O) groups excluding carboxylic acids is 1. The topological polar surface area (TPSA) is 78.4 Å². The number of amides is 2. The van der Waals surface area contributed by atoms with Gasteiger partial charge < -0.3 is 15.7 Å². The van der Waals surface area contributed by atoms with Crippen LogP contribution in [0.1, 0.15) is 37.8 Å². The van der Waals surface area contributed by atoms with E-state index in [-0.39, 0.29) is 18.5 Å². The molecule has 0 saturated heterocycles. The fraction of sp³-hybridized carbons (Fsp3) is 0.429. The number of carboxylic acids is 1. The number of benzene rings is 1. The van der Waals surface area contributed by atoms with E-state index in [0.29, 0.717) is 13.0 Å². The van der Waals surface area contributed by atoms with Crippen molar-refractivity contribution in [2.75, 3.05) is 6.54 Å². The third kappa shape index (κ3) is 5.90. The number of urea groups is 1. The summed E-state index contributed by atoms with van der Waals surface area (Å²) in [6.07, 6.45) is 1.26. The molecular formula is C14H20N2O3. The Kier molecular flexibility index (Phi) is 6.43. The lowest BCUT2D eigenvalue weighted by molar-refractivity contribution is -0.137. The molecule has 1 unspecified atom stereocenters. The first-order valence-electron chi connectivity index (χ1n) is 6.44. The van der Waals surface area contributed by atoms with Gasteiger partial charge in [-0.3, -0.25) is 4.79 Å². The maximum Gasteiger partial charge on any atom is 0.315 e. The number of hydrogen-bond donors (Lipinski definition) is 3. The highest BCUT2D eigenvalue weighted by molar-refractivity contribution is 5.74. The molecule has 0 aliphatic rings. The van der Waals surface area contributed by atoms with Gasteiger partial charge >= 0.3 is 12.0 Å². The normalized spacial score (nSPS) is 11.6. The number of carbonyl (C=O) groups is 2. The molecule has 19 heavy (non-hydrogen) atoms. The summed E-state index contributed by atoms with van der Waals surface area (Å²) >= 11 is 0. The lowest BCUT2D eigenvalue weighted by Gasteiger charge is -2.18. The molecule has 104 valence electrons. The Morgan fingerprint density at radius 3 is 2.53 bits per heavy atom. The van der Waals surface area contributed by atoms with Crippen LogP contribution in [0.3, 0.4) is 0 Å². The Morgan fingerprint density at radius 1 is 1.26 bits per heavy atom. The van der Waals surface area contributed by atoms with Gasteiger partial charge in [-0.1, -0.05) is 37.3 Å². The van der Waals surface area contributed by atoms with E-state index in [1.807, 2.05) is 37.3 Å². The van der Waals surface area contributed by atoms with E-state index in [1.165, 1.54) is 0 Å². The summed E-state index contributed by atoms with van der Waals surface area (Å²) in [5.74, 6) is -0.864. The second-order valence-corrected chi connectivity index (χ2v) is 4.30. The summed E-state index contributed by atoms with van der Waals surface area (Å²) in [4.78, 5) is 22.3. The van der Waals surface area contributed by atoms with Crippen LogP contribution in [-0.2, 0) is 4.79 Å². The zero-order valence-electron chi connectivity index (χ0n) is 11.1. The lowest BCUT2D eigenvalue weighted by atomic mass is 10.0. The Labute approximate surface area is 113 Å². The van der Waals surface area contributed by atoms with E-state index in [4.69, 9.17) is 5.11 Å². The molecule has 0 aromatic heterocycles. The Hall–Kier alpha value is -2.04. The van der Waals surface area contributed by atoms with Gasteiger partial charge in [0.2, 0.25) is 0 Å². The van der Waals surface area contributed by atoms with Crippen molar-refractivity contribution < 1.29 is 14.7 Å². The van der Waals surface area contributed by atoms with Gasteiger partial charge in [0, 0.05) is 13.0 Å². The van der Waals surface area contributed by atoms with Crippen LogP contribution in [0.4, 0.5) is 4.79 Å². The van der Waals surface area contributed by atoms with Crippen molar-refractivity contribution in [1.29, 1.82) is 0 Å². The molecule has 1 rings (SSSR count). The van der Waals surface area contributed by atoms with E-state index in [9.17, 15) is 9.59 Å². The molecule has 0 aliphatic heterocycles. The van der Waals surface area contributed by atoms with Crippen molar-refractivity contribution in [2.24, 2.45) is 0 Å². The number of nitrogens with one attached hydrogen (secondary N) is 2. The zero-order chi connectivity index (χ0) is 14.1. The monoisotopic (exact) mass is 264 g/mol. The fourth-order valence-corrected chi connectivity index (χ4v) is 1.72. The second kappa shape index (κ2) is 8.13. The summed E-state index contributed by atoms with van der Waals surface area (Å²) in [5.41, 5.74) is 0.912. The van der Waals surface area contributed by atoms with Crippen LogP contribution in [0.15, 0.2) is 30.3 Å². The van der Waals surface area contributed by atoms with Crippen molar-refractivity contribution in [2.45, 2.75) is 32.2 Å². The van der Waals surface area contributed by atoms with Gasteiger partial charge in [-0.2, -0.15) is 0 Å². The molecular weight excluding hydrogens is 244 g/mol. The van der Waals surface area contributed by atoms with Gasteiger partial charge in [-0.25, -0.2) is 4.79 Å². The molecule has 5 nitrogen and oxygen atoms in total.